The molecular formula is C29H32N2O4. The van der Waals surface area contributed by atoms with Crippen LogP contribution in [0.2, 0.25) is 0 Å². The third kappa shape index (κ3) is 5.65. The quantitative estimate of drug-likeness (QED) is 0.497. The van der Waals surface area contributed by atoms with Gasteiger partial charge in [0.25, 0.3) is 11.8 Å². The highest BCUT2D eigenvalue weighted by Gasteiger charge is 2.31. The normalized spacial score (nSPS) is 15.3. The number of fused-ring (bicyclic) bond motifs is 1. The molecule has 0 radical (unpaired) electrons. The zero-order chi connectivity index (χ0) is 25.2. The van der Waals surface area contributed by atoms with E-state index in [-0.39, 0.29) is 17.2 Å². The van der Waals surface area contributed by atoms with E-state index in [1.165, 1.54) is 5.56 Å². The molecule has 0 spiro atoms. The summed E-state index contributed by atoms with van der Waals surface area (Å²) in [7, 11) is 0. The van der Waals surface area contributed by atoms with Gasteiger partial charge in [-0.15, -0.1) is 0 Å². The van der Waals surface area contributed by atoms with Crippen molar-refractivity contribution in [1.29, 1.82) is 0 Å². The lowest BCUT2D eigenvalue weighted by atomic mass is 9.87. The Hall–Kier alpha value is -3.80. The van der Waals surface area contributed by atoms with Gasteiger partial charge in [-0.25, -0.2) is 0 Å². The highest BCUT2D eigenvalue weighted by atomic mass is 16.5. The van der Waals surface area contributed by atoms with E-state index >= 15 is 0 Å². The zero-order valence-corrected chi connectivity index (χ0v) is 20.9. The zero-order valence-electron chi connectivity index (χ0n) is 20.9. The van der Waals surface area contributed by atoms with Crippen LogP contribution in [-0.4, -0.2) is 31.1 Å². The highest BCUT2D eigenvalue weighted by Crippen LogP contribution is 2.36. The monoisotopic (exact) mass is 472 g/mol. The largest absolute Gasteiger partial charge is 0.492 e. The lowest BCUT2D eigenvalue weighted by Gasteiger charge is -2.33. The van der Waals surface area contributed by atoms with Crippen molar-refractivity contribution in [2.75, 3.05) is 23.4 Å². The van der Waals surface area contributed by atoms with Crippen molar-refractivity contribution < 1.29 is 19.1 Å². The van der Waals surface area contributed by atoms with E-state index in [9.17, 15) is 9.59 Å². The van der Waals surface area contributed by atoms with Crippen molar-refractivity contribution in [2.24, 2.45) is 0 Å². The molecule has 1 unspecified atom stereocenters. The Kier molecular flexibility index (Phi) is 6.83. The Morgan fingerprint density at radius 1 is 1.03 bits per heavy atom. The van der Waals surface area contributed by atoms with Gasteiger partial charge < -0.3 is 19.7 Å². The van der Waals surface area contributed by atoms with Crippen molar-refractivity contribution >= 4 is 23.2 Å². The number of anilines is 2. The molecule has 3 aromatic carbocycles. The van der Waals surface area contributed by atoms with Gasteiger partial charge in [-0.05, 0) is 61.2 Å². The van der Waals surface area contributed by atoms with Gasteiger partial charge in [0.15, 0.2) is 6.10 Å². The second kappa shape index (κ2) is 9.82. The number of rotatable bonds is 6. The summed E-state index contributed by atoms with van der Waals surface area (Å²) in [4.78, 5) is 27.3. The predicted octanol–water partition coefficient (Wildman–Crippen LogP) is 5.74. The highest BCUT2D eigenvalue weighted by molar-refractivity contribution is 6.05. The molecule has 4 rings (SSSR count). The van der Waals surface area contributed by atoms with E-state index < -0.39 is 6.10 Å². The average Bonchev–Trinajstić information content (AvgIpc) is 2.82. The number of hydrogen-bond acceptors (Lipinski definition) is 4. The number of nitrogens with one attached hydrogen (secondary N) is 1. The van der Waals surface area contributed by atoms with Crippen molar-refractivity contribution in [3.63, 3.8) is 0 Å². The number of aryl methyl sites for hydroxylation is 1. The number of hydrogen-bond donors (Lipinski definition) is 1. The van der Waals surface area contributed by atoms with Crippen LogP contribution < -0.4 is 19.7 Å². The first-order valence-electron chi connectivity index (χ1n) is 11.9. The first-order valence-corrected chi connectivity index (χ1v) is 11.9. The fraction of sp³-hybridized carbons (Fsp3) is 0.310. The predicted molar refractivity (Wildman–Crippen MR) is 139 cm³/mol. The lowest BCUT2D eigenvalue weighted by molar-refractivity contribution is -0.125. The van der Waals surface area contributed by atoms with Gasteiger partial charge in [-0.3, -0.25) is 9.59 Å². The van der Waals surface area contributed by atoms with Gasteiger partial charge in [-0.1, -0.05) is 50.6 Å². The molecule has 1 heterocycles. The number of amides is 2. The molecule has 0 saturated heterocycles. The van der Waals surface area contributed by atoms with Gasteiger partial charge in [0.05, 0.1) is 12.2 Å². The van der Waals surface area contributed by atoms with Crippen molar-refractivity contribution in [3.05, 3.63) is 83.4 Å². The van der Waals surface area contributed by atoms with E-state index in [0.717, 1.165) is 11.3 Å². The van der Waals surface area contributed by atoms with Crippen LogP contribution in [0.25, 0.3) is 0 Å². The molecule has 0 fully saturated rings. The third-order valence-electron chi connectivity index (χ3n) is 6.04. The van der Waals surface area contributed by atoms with Gasteiger partial charge in [0.1, 0.15) is 18.1 Å². The SMILES string of the molecule is Cc1ccc(OCCN2C(=O)C(C)Oc3cc(NC(=O)c4ccc(C(C)(C)C)cc4)ccc32)cc1. The number of carbonyl (C=O) groups is 2. The molecule has 6 heteroatoms. The van der Waals surface area contributed by atoms with Gasteiger partial charge in [-0.2, -0.15) is 0 Å². The molecule has 2 amide bonds. The first kappa shape index (κ1) is 24.3. The van der Waals surface area contributed by atoms with Crippen molar-refractivity contribution in [1.82, 2.24) is 0 Å². The fourth-order valence-electron chi connectivity index (χ4n) is 3.93. The topological polar surface area (TPSA) is 67.9 Å². The Morgan fingerprint density at radius 2 is 1.71 bits per heavy atom. The summed E-state index contributed by atoms with van der Waals surface area (Å²) in [6, 6.07) is 20.8. The van der Waals surface area contributed by atoms with Crippen LogP contribution in [0.15, 0.2) is 66.7 Å². The minimum absolute atomic E-state index is 0.0238. The lowest BCUT2D eigenvalue weighted by Crippen LogP contribution is -2.46. The van der Waals surface area contributed by atoms with Gasteiger partial charge in [0, 0.05) is 17.3 Å². The second-order valence-electron chi connectivity index (χ2n) is 9.88. The summed E-state index contributed by atoms with van der Waals surface area (Å²) in [5.41, 5.74) is 4.19. The Balaban J connectivity index is 1.45. The molecule has 1 aliphatic rings. The Labute approximate surface area is 206 Å². The van der Waals surface area contributed by atoms with Crippen LogP contribution in [0.4, 0.5) is 11.4 Å². The molecule has 6 nitrogen and oxygen atoms in total. The van der Waals surface area contributed by atoms with E-state index in [1.807, 2.05) is 55.5 Å². The van der Waals surface area contributed by atoms with Crippen LogP contribution in [-0.2, 0) is 10.2 Å². The standard InChI is InChI=1S/C29H32N2O4/c1-19-6-13-24(14-7-19)34-17-16-31-25-15-12-23(18-26(25)35-20(2)28(31)33)30-27(32)21-8-10-22(11-9-21)29(3,4)5/h6-15,18,20H,16-17H2,1-5H3,(H,30,32). The number of ether oxygens (including phenoxy) is 2. The second-order valence-corrected chi connectivity index (χ2v) is 9.88. The summed E-state index contributed by atoms with van der Waals surface area (Å²) >= 11 is 0. The van der Waals surface area contributed by atoms with Gasteiger partial charge in [0.2, 0.25) is 0 Å². The van der Waals surface area contributed by atoms with Crippen LogP contribution >= 0.6 is 0 Å². The first-order chi connectivity index (χ1) is 16.6. The van der Waals surface area contributed by atoms with Crippen LogP contribution in [0.5, 0.6) is 11.5 Å². The Morgan fingerprint density at radius 3 is 2.37 bits per heavy atom. The minimum atomic E-state index is -0.627. The fourth-order valence-corrected chi connectivity index (χ4v) is 3.93. The third-order valence-corrected chi connectivity index (χ3v) is 6.04. The van der Waals surface area contributed by atoms with E-state index in [4.69, 9.17) is 9.47 Å². The number of nitrogens with zero attached hydrogens (tertiary/aromatic N) is 1. The summed E-state index contributed by atoms with van der Waals surface area (Å²) in [5.74, 6) is 0.987. The molecule has 1 N–H and O–H groups in total. The molecule has 3 aromatic rings. The molecule has 0 bridgehead atoms. The molecular weight excluding hydrogens is 440 g/mol. The number of carbonyl (C=O) groups excluding carboxylic acids is 2. The van der Waals surface area contributed by atoms with E-state index in [0.29, 0.717) is 35.8 Å². The smallest absolute Gasteiger partial charge is 0.267 e. The number of benzene rings is 3. The minimum Gasteiger partial charge on any atom is -0.492 e. The van der Waals surface area contributed by atoms with E-state index in [2.05, 4.69) is 26.1 Å². The summed E-state index contributed by atoms with van der Waals surface area (Å²) in [6.45, 7) is 10.9. The molecule has 0 saturated carbocycles. The van der Waals surface area contributed by atoms with Crippen LogP contribution in [0, 0.1) is 6.92 Å². The maximum Gasteiger partial charge on any atom is 0.267 e. The average molecular weight is 473 g/mol. The summed E-state index contributed by atoms with van der Waals surface area (Å²) in [6.07, 6.45) is -0.627. The maximum atomic E-state index is 12.8. The Bertz CT molecular complexity index is 1210. The summed E-state index contributed by atoms with van der Waals surface area (Å²) in [5, 5.41) is 2.93. The maximum absolute atomic E-state index is 12.8. The van der Waals surface area contributed by atoms with Crippen LogP contribution in [0.1, 0.15) is 49.2 Å². The van der Waals surface area contributed by atoms with Crippen molar-refractivity contribution in [3.8, 4) is 11.5 Å². The van der Waals surface area contributed by atoms with E-state index in [1.54, 1.807) is 30.0 Å². The molecule has 1 aliphatic heterocycles. The molecule has 35 heavy (non-hydrogen) atoms. The van der Waals surface area contributed by atoms with Crippen LogP contribution in [0.3, 0.4) is 0 Å². The molecule has 1 atom stereocenters. The van der Waals surface area contributed by atoms with Gasteiger partial charge >= 0.3 is 0 Å². The summed E-state index contributed by atoms with van der Waals surface area (Å²) < 4.78 is 11.7. The molecule has 0 aromatic heterocycles. The van der Waals surface area contributed by atoms with Crippen molar-refractivity contribution in [2.45, 2.75) is 46.1 Å². The molecule has 0 aliphatic carbocycles. The molecule has 182 valence electrons.